The van der Waals surface area contributed by atoms with Gasteiger partial charge in [0.25, 0.3) is 0 Å². The number of hydrogen-bond acceptors (Lipinski definition) is 3. The zero-order chi connectivity index (χ0) is 26.6. The quantitative estimate of drug-likeness (QED) is 0.297. The number of para-hydroxylation sites is 1. The normalized spacial score (nSPS) is 14.4. The van der Waals surface area contributed by atoms with Crippen LogP contribution in [0, 0.1) is 5.82 Å². The van der Waals surface area contributed by atoms with E-state index in [9.17, 15) is 14.0 Å². The van der Waals surface area contributed by atoms with Crippen LogP contribution in [0.4, 0.5) is 4.39 Å². The van der Waals surface area contributed by atoms with Crippen LogP contribution in [0.2, 0.25) is 0 Å². The molecule has 4 rings (SSSR count). The van der Waals surface area contributed by atoms with Gasteiger partial charge in [0, 0.05) is 25.4 Å². The summed E-state index contributed by atoms with van der Waals surface area (Å²) in [6, 6.07) is 24.9. The minimum Gasteiger partial charge on any atom is -0.494 e. The number of nitrogens with one attached hydrogen (secondary N) is 1. The third-order valence-electron chi connectivity index (χ3n) is 7.04. The van der Waals surface area contributed by atoms with Gasteiger partial charge in [0.1, 0.15) is 17.6 Å². The van der Waals surface area contributed by atoms with Crippen molar-refractivity contribution in [2.24, 2.45) is 0 Å². The van der Waals surface area contributed by atoms with Crippen LogP contribution in [0.15, 0.2) is 84.9 Å². The molecule has 0 radical (unpaired) electrons. The van der Waals surface area contributed by atoms with E-state index in [-0.39, 0.29) is 36.6 Å². The molecule has 1 atom stereocenters. The van der Waals surface area contributed by atoms with Gasteiger partial charge in [0.2, 0.25) is 11.8 Å². The van der Waals surface area contributed by atoms with Crippen LogP contribution in [0.1, 0.15) is 56.1 Å². The predicted molar refractivity (Wildman–Crippen MR) is 147 cm³/mol. The molecule has 0 bridgehead atoms. The van der Waals surface area contributed by atoms with Gasteiger partial charge in [-0.1, -0.05) is 79.9 Å². The number of amides is 2. The lowest BCUT2D eigenvalue weighted by Crippen LogP contribution is -2.52. The molecule has 3 aromatic rings. The maximum Gasteiger partial charge on any atom is 0.243 e. The van der Waals surface area contributed by atoms with Gasteiger partial charge in [-0.2, -0.15) is 0 Å². The topological polar surface area (TPSA) is 58.6 Å². The molecule has 1 unspecified atom stereocenters. The zero-order valence-electron chi connectivity index (χ0n) is 21.9. The maximum absolute atomic E-state index is 13.7. The Morgan fingerprint density at radius 2 is 1.53 bits per heavy atom. The van der Waals surface area contributed by atoms with E-state index in [1.165, 1.54) is 18.6 Å². The molecule has 1 N–H and O–H groups in total. The average molecular weight is 517 g/mol. The van der Waals surface area contributed by atoms with E-state index in [4.69, 9.17) is 4.74 Å². The molecule has 0 saturated heterocycles. The Hall–Kier alpha value is -3.67. The lowest BCUT2D eigenvalue weighted by molar-refractivity contribution is -0.141. The number of halogens is 1. The van der Waals surface area contributed by atoms with Gasteiger partial charge in [0.15, 0.2) is 0 Å². The van der Waals surface area contributed by atoms with Crippen LogP contribution < -0.4 is 10.1 Å². The second kappa shape index (κ2) is 14.3. The van der Waals surface area contributed by atoms with Crippen molar-refractivity contribution < 1.29 is 18.7 Å². The standard InChI is InChI=1S/C32H37FN2O3/c33-27-20-18-26(19-21-27)24-35(31(36)17-10-22-38-29-15-8-3-9-16-29)30(23-25-11-4-1-5-12-25)32(37)34-28-13-6-2-7-14-28/h1,3-5,8-9,11-12,15-16,18-21,28,30H,2,6-7,10,13-14,17,22-24H2,(H,34,37). The third-order valence-corrected chi connectivity index (χ3v) is 7.04. The highest BCUT2D eigenvalue weighted by Gasteiger charge is 2.31. The first-order valence-corrected chi connectivity index (χ1v) is 13.6. The average Bonchev–Trinajstić information content (AvgIpc) is 2.95. The number of ether oxygens (including phenoxy) is 1. The van der Waals surface area contributed by atoms with Crippen molar-refractivity contribution in [3.8, 4) is 5.75 Å². The van der Waals surface area contributed by atoms with Gasteiger partial charge < -0.3 is 15.0 Å². The molecule has 1 aliphatic carbocycles. The van der Waals surface area contributed by atoms with Crippen molar-refractivity contribution in [1.82, 2.24) is 10.2 Å². The van der Waals surface area contributed by atoms with E-state index >= 15 is 0 Å². The monoisotopic (exact) mass is 516 g/mol. The first-order chi connectivity index (χ1) is 18.6. The predicted octanol–water partition coefficient (Wildman–Crippen LogP) is 6.07. The SMILES string of the molecule is O=C(NC1CCCCC1)C(Cc1ccccc1)N(Cc1ccc(F)cc1)C(=O)CCCOc1ccccc1. The number of rotatable bonds is 12. The van der Waals surface area contributed by atoms with Gasteiger partial charge in [-0.25, -0.2) is 4.39 Å². The molecular formula is C32H37FN2O3. The molecule has 3 aromatic carbocycles. The summed E-state index contributed by atoms with van der Waals surface area (Å²) in [4.78, 5) is 29.1. The van der Waals surface area contributed by atoms with Crippen LogP contribution in [-0.2, 0) is 22.6 Å². The van der Waals surface area contributed by atoms with Crippen molar-refractivity contribution in [3.63, 3.8) is 0 Å². The molecule has 0 spiro atoms. The van der Waals surface area contributed by atoms with Crippen molar-refractivity contribution >= 4 is 11.8 Å². The summed E-state index contributed by atoms with van der Waals surface area (Å²) < 4.78 is 19.4. The number of benzene rings is 3. The fraction of sp³-hybridized carbons (Fsp3) is 0.375. The van der Waals surface area contributed by atoms with E-state index in [1.807, 2.05) is 60.7 Å². The summed E-state index contributed by atoms with van der Waals surface area (Å²) in [5, 5.41) is 3.24. The highest BCUT2D eigenvalue weighted by molar-refractivity contribution is 5.88. The molecule has 5 nitrogen and oxygen atoms in total. The molecule has 1 fully saturated rings. The second-order valence-electron chi connectivity index (χ2n) is 9.96. The minimum absolute atomic E-state index is 0.120. The largest absolute Gasteiger partial charge is 0.494 e. The minimum atomic E-state index is -0.674. The van der Waals surface area contributed by atoms with Crippen LogP contribution in [-0.4, -0.2) is 35.4 Å². The van der Waals surface area contributed by atoms with Crippen molar-refractivity contribution in [2.75, 3.05) is 6.61 Å². The first-order valence-electron chi connectivity index (χ1n) is 13.6. The Labute approximate surface area is 225 Å². The molecule has 200 valence electrons. The Kier molecular flexibility index (Phi) is 10.3. The van der Waals surface area contributed by atoms with E-state index < -0.39 is 6.04 Å². The lowest BCUT2D eigenvalue weighted by Gasteiger charge is -2.33. The fourth-order valence-corrected chi connectivity index (χ4v) is 4.96. The molecule has 0 heterocycles. The Morgan fingerprint density at radius 1 is 0.868 bits per heavy atom. The third kappa shape index (κ3) is 8.44. The van der Waals surface area contributed by atoms with E-state index in [0.717, 1.165) is 42.6 Å². The van der Waals surface area contributed by atoms with Gasteiger partial charge in [-0.3, -0.25) is 9.59 Å². The molecular weight excluding hydrogens is 479 g/mol. The van der Waals surface area contributed by atoms with Crippen LogP contribution in [0.5, 0.6) is 5.75 Å². The van der Waals surface area contributed by atoms with E-state index in [1.54, 1.807) is 17.0 Å². The molecule has 1 aliphatic rings. The number of nitrogens with zero attached hydrogens (tertiary/aromatic N) is 1. The molecule has 0 aromatic heterocycles. The number of hydrogen-bond donors (Lipinski definition) is 1. The Balaban J connectivity index is 1.52. The Morgan fingerprint density at radius 3 is 2.21 bits per heavy atom. The van der Waals surface area contributed by atoms with Crippen LogP contribution >= 0.6 is 0 Å². The maximum atomic E-state index is 13.7. The van der Waals surface area contributed by atoms with E-state index in [0.29, 0.717) is 19.4 Å². The summed E-state index contributed by atoms with van der Waals surface area (Å²) in [6.45, 7) is 0.631. The summed E-state index contributed by atoms with van der Waals surface area (Å²) in [7, 11) is 0. The van der Waals surface area contributed by atoms with Gasteiger partial charge in [0.05, 0.1) is 6.61 Å². The number of carbonyl (C=O) groups excluding carboxylic acids is 2. The summed E-state index contributed by atoms with van der Waals surface area (Å²) in [5.74, 6) is 0.181. The molecule has 6 heteroatoms. The van der Waals surface area contributed by atoms with Gasteiger partial charge >= 0.3 is 0 Å². The molecule has 38 heavy (non-hydrogen) atoms. The highest BCUT2D eigenvalue weighted by atomic mass is 19.1. The van der Waals surface area contributed by atoms with Crippen molar-refractivity contribution in [1.29, 1.82) is 0 Å². The van der Waals surface area contributed by atoms with Crippen LogP contribution in [0.25, 0.3) is 0 Å². The Bertz CT molecular complexity index is 1130. The van der Waals surface area contributed by atoms with Gasteiger partial charge in [-0.15, -0.1) is 0 Å². The lowest BCUT2D eigenvalue weighted by atomic mass is 9.94. The summed E-state index contributed by atoms with van der Waals surface area (Å²) >= 11 is 0. The van der Waals surface area contributed by atoms with Crippen LogP contribution in [0.3, 0.4) is 0 Å². The van der Waals surface area contributed by atoms with Gasteiger partial charge in [-0.05, 0) is 54.7 Å². The summed E-state index contributed by atoms with van der Waals surface area (Å²) in [6.07, 6.45) is 6.51. The summed E-state index contributed by atoms with van der Waals surface area (Å²) in [5.41, 5.74) is 1.77. The first kappa shape index (κ1) is 27.4. The van der Waals surface area contributed by atoms with Crippen molar-refractivity contribution in [2.45, 2.75) is 70.0 Å². The fourth-order valence-electron chi connectivity index (χ4n) is 4.96. The van der Waals surface area contributed by atoms with Crippen molar-refractivity contribution in [3.05, 3.63) is 102 Å². The molecule has 0 aliphatic heterocycles. The molecule has 2 amide bonds. The second-order valence-corrected chi connectivity index (χ2v) is 9.96. The smallest absolute Gasteiger partial charge is 0.243 e. The molecule has 1 saturated carbocycles. The number of carbonyl (C=O) groups is 2. The zero-order valence-corrected chi connectivity index (χ0v) is 21.9. The highest BCUT2D eigenvalue weighted by Crippen LogP contribution is 2.21. The van der Waals surface area contributed by atoms with E-state index in [2.05, 4.69) is 5.32 Å².